The van der Waals surface area contributed by atoms with Gasteiger partial charge >= 0.3 is 0 Å². The molecular formula is C17H15ClFN3O2. The van der Waals surface area contributed by atoms with Crippen LogP contribution < -0.4 is 9.80 Å². The average molecular weight is 348 g/mol. The molecule has 2 fully saturated rings. The molecule has 2 aromatic carbocycles. The van der Waals surface area contributed by atoms with Crippen LogP contribution in [0.2, 0.25) is 5.02 Å². The molecule has 2 aliphatic rings. The molecule has 0 radical (unpaired) electrons. The normalized spacial score (nSPS) is 18.2. The first-order valence-electron chi connectivity index (χ1n) is 7.66. The van der Waals surface area contributed by atoms with E-state index in [0.29, 0.717) is 16.4 Å². The number of halogens is 2. The first kappa shape index (κ1) is 15.2. The highest BCUT2D eigenvalue weighted by atomic mass is 35.5. The van der Waals surface area contributed by atoms with E-state index < -0.39 is 0 Å². The molecule has 0 amide bonds. The quantitative estimate of drug-likeness (QED) is 0.627. The molecule has 4 rings (SSSR count). The second-order valence-corrected chi connectivity index (χ2v) is 6.99. The van der Waals surface area contributed by atoms with E-state index in [2.05, 4.69) is 0 Å². The van der Waals surface area contributed by atoms with Crippen LogP contribution in [0.25, 0.3) is 0 Å². The number of benzene rings is 2. The van der Waals surface area contributed by atoms with E-state index in [4.69, 9.17) is 11.6 Å². The molecule has 0 unspecified atom stereocenters. The summed E-state index contributed by atoms with van der Waals surface area (Å²) in [5.74, 6) is -0.313. The lowest BCUT2D eigenvalue weighted by molar-refractivity contribution is -0.384. The minimum Gasteiger partial charge on any atom is -0.368 e. The number of rotatable bonds is 3. The van der Waals surface area contributed by atoms with Crippen molar-refractivity contribution in [3.05, 3.63) is 63.4 Å². The molecule has 24 heavy (non-hydrogen) atoms. The summed E-state index contributed by atoms with van der Waals surface area (Å²) in [6.45, 7) is 3.01. The van der Waals surface area contributed by atoms with Gasteiger partial charge in [-0.3, -0.25) is 10.1 Å². The molecule has 0 N–H and O–H groups in total. The molecule has 0 aromatic heterocycles. The van der Waals surface area contributed by atoms with Crippen molar-refractivity contribution in [3.8, 4) is 0 Å². The van der Waals surface area contributed by atoms with Crippen LogP contribution in [0.3, 0.4) is 0 Å². The van der Waals surface area contributed by atoms with E-state index >= 15 is 0 Å². The van der Waals surface area contributed by atoms with Crippen LogP contribution in [0.1, 0.15) is 0 Å². The average Bonchev–Trinajstić information content (AvgIpc) is 2.46. The standard InChI is InChI=1S/C17H15ClFN3O2/c18-12-5-6-14(13(19)7-12)20-8-17(9-20)10-21(11-17)15-3-1-2-4-16(15)22(23)24/h1-7H,8-11H2. The third kappa shape index (κ3) is 2.38. The Morgan fingerprint density at radius 3 is 2.29 bits per heavy atom. The zero-order valence-electron chi connectivity index (χ0n) is 12.8. The lowest BCUT2D eigenvalue weighted by Gasteiger charge is -2.61. The molecule has 0 atom stereocenters. The van der Waals surface area contributed by atoms with Gasteiger partial charge in [0.25, 0.3) is 5.69 Å². The second-order valence-electron chi connectivity index (χ2n) is 6.55. The number of hydrogen-bond donors (Lipinski definition) is 0. The van der Waals surface area contributed by atoms with Gasteiger partial charge in [0.1, 0.15) is 11.5 Å². The van der Waals surface area contributed by atoms with Crippen molar-refractivity contribution in [1.82, 2.24) is 0 Å². The monoisotopic (exact) mass is 347 g/mol. The summed E-state index contributed by atoms with van der Waals surface area (Å²) >= 11 is 5.78. The number of nitro groups is 1. The maximum absolute atomic E-state index is 14.0. The predicted molar refractivity (Wildman–Crippen MR) is 91.4 cm³/mol. The molecule has 2 aromatic rings. The van der Waals surface area contributed by atoms with Gasteiger partial charge in [0.2, 0.25) is 0 Å². The van der Waals surface area contributed by atoms with Gasteiger partial charge in [-0.2, -0.15) is 0 Å². The first-order chi connectivity index (χ1) is 11.5. The molecule has 1 spiro atoms. The lowest BCUT2D eigenvalue weighted by Crippen LogP contribution is -2.72. The van der Waals surface area contributed by atoms with Gasteiger partial charge in [0.15, 0.2) is 0 Å². The fourth-order valence-corrected chi connectivity index (χ4v) is 3.85. The number of nitrogens with zero attached hydrogens (tertiary/aromatic N) is 3. The zero-order chi connectivity index (χ0) is 16.9. The fourth-order valence-electron chi connectivity index (χ4n) is 3.69. The Morgan fingerprint density at radius 1 is 1.04 bits per heavy atom. The smallest absolute Gasteiger partial charge is 0.292 e. The van der Waals surface area contributed by atoms with Crippen molar-refractivity contribution in [3.63, 3.8) is 0 Å². The molecule has 0 aliphatic carbocycles. The highest BCUT2D eigenvalue weighted by Gasteiger charge is 2.53. The SMILES string of the molecule is O=[N+]([O-])c1ccccc1N1CC2(CN(c3ccc(Cl)cc3F)C2)C1. The summed E-state index contributed by atoms with van der Waals surface area (Å²) in [5, 5.41) is 11.5. The van der Waals surface area contributed by atoms with Crippen molar-refractivity contribution in [2.45, 2.75) is 0 Å². The summed E-state index contributed by atoms with van der Waals surface area (Å²) in [7, 11) is 0. The predicted octanol–water partition coefficient (Wildman–Crippen LogP) is 3.71. The molecule has 0 bridgehead atoms. The topological polar surface area (TPSA) is 49.6 Å². The summed E-state index contributed by atoms with van der Waals surface area (Å²) in [6, 6.07) is 11.5. The van der Waals surface area contributed by atoms with E-state index in [1.165, 1.54) is 12.1 Å². The van der Waals surface area contributed by atoms with Crippen molar-refractivity contribution in [1.29, 1.82) is 0 Å². The molecule has 2 saturated heterocycles. The van der Waals surface area contributed by atoms with Gasteiger partial charge in [-0.25, -0.2) is 4.39 Å². The number of anilines is 2. The molecular weight excluding hydrogens is 333 g/mol. The van der Waals surface area contributed by atoms with E-state index in [9.17, 15) is 14.5 Å². The Kier molecular flexibility index (Phi) is 3.38. The Bertz CT molecular complexity index is 815. The highest BCUT2D eigenvalue weighted by molar-refractivity contribution is 6.30. The van der Waals surface area contributed by atoms with Gasteiger partial charge < -0.3 is 9.80 Å². The Morgan fingerprint density at radius 2 is 1.67 bits per heavy atom. The summed E-state index contributed by atoms with van der Waals surface area (Å²) in [5.41, 5.74) is 1.45. The van der Waals surface area contributed by atoms with E-state index in [1.807, 2.05) is 15.9 Å². The minimum absolute atomic E-state index is 0.0930. The van der Waals surface area contributed by atoms with Crippen molar-refractivity contribution < 1.29 is 9.31 Å². The maximum atomic E-state index is 14.0. The second kappa shape index (κ2) is 5.34. The molecule has 2 aliphatic heterocycles. The Balaban J connectivity index is 1.43. The van der Waals surface area contributed by atoms with Crippen LogP contribution in [-0.4, -0.2) is 31.1 Å². The minimum atomic E-state index is -0.351. The van der Waals surface area contributed by atoms with Gasteiger partial charge in [0.05, 0.1) is 10.6 Å². The van der Waals surface area contributed by atoms with E-state index in [1.54, 1.807) is 24.3 Å². The molecule has 7 heteroatoms. The molecule has 5 nitrogen and oxygen atoms in total. The van der Waals surface area contributed by atoms with Crippen molar-refractivity contribution in [2.75, 3.05) is 36.0 Å². The van der Waals surface area contributed by atoms with E-state index in [0.717, 1.165) is 26.2 Å². The van der Waals surface area contributed by atoms with Crippen LogP contribution in [0.15, 0.2) is 42.5 Å². The van der Waals surface area contributed by atoms with Crippen molar-refractivity contribution >= 4 is 28.7 Å². The third-order valence-electron chi connectivity index (χ3n) is 4.77. The van der Waals surface area contributed by atoms with Gasteiger partial charge in [-0.1, -0.05) is 23.7 Å². The number of hydrogen-bond acceptors (Lipinski definition) is 4. The van der Waals surface area contributed by atoms with Crippen LogP contribution >= 0.6 is 11.6 Å². The third-order valence-corrected chi connectivity index (χ3v) is 5.01. The number of nitro benzene ring substituents is 1. The Labute approximate surface area is 143 Å². The lowest BCUT2D eigenvalue weighted by atomic mass is 9.72. The van der Waals surface area contributed by atoms with Crippen LogP contribution in [0.4, 0.5) is 21.5 Å². The molecule has 0 saturated carbocycles. The van der Waals surface area contributed by atoms with Crippen LogP contribution in [0, 0.1) is 21.3 Å². The van der Waals surface area contributed by atoms with Gasteiger partial charge in [0, 0.05) is 42.7 Å². The Hall–Kier alpha value is -2.34. The van der Waals surface area contributed by atoms with Crippen molar-refractivity contribution in [2.24, 2.45) is 5.41 Å². The first-order valence-corrected chi connectivity index (χ1v) is 8.04. The molecule has 2 heterocycles. The van der Waals surface area contributed by atoms with Gasteiger partial charge in [-0.05, 0) is 24.3 Å². The molecule has 124 valence electrons. The zero-order valence-corrected chi connectivity index (χ0v) is 13.5. The highest BCUT2D eigenvalue weighted by Crippen LogP contribution is 2.46. The van der Waals surface area contributed by atoms with Gasteiger partial charge in [-0.15, -0.1) is 0 Å². The maximum Gasteiger partial charge on any atom is 0.292 e. The summed E-state index contributed by atoms with van der Waals surface area (Å²) in [4.78, 5) is 14.8. The van der Waals surface area contributed by atoms with Crippen LogP contribution in [0.5, 0.6) is 0 Å². The number of para-hydroxylation sites is 2. The summed E-state index contributed by atoms with van der Waals surface area (Å²) < 4.78 is 14.0. The fraction of sp³-hybridized carbons (Fsp3) is 0.294. The largest absolute Gasteiger partial charge is 0.368 e. The van der Waals surface area contributed by atoms with Crippen LogP contribution in [-0.2, 0) is 0 Å². The van der Waals surface area contributed by atoms with E-state index in [-0.39, 0.29) is 21.8 Å². The summed E-state index contributed by atoms with van der Waals surface area (Å²) in [6.07, 6.45) is 0.